The summed E-state index contributed by atoms with van der Waals surface area (Å²) in [6.07, 6.45) is 8.99. The van der Waals surface area contributed by atoms with Crippen LogP contribution in [0.5, 0.6) is 0 Å². The lowest BCUT2D eigenvalue weighted by Crippen LogP contribution is -2.53. The summed E-state index contributed by atoms with van der Waals surface area (Å²) < 4.78 is 5.38. The fourth-order valence-corrected chi connectivity index (χ4v) is 3.98. The minimum Gasteiger partial charge on any atom is -0.384 e. The minimum absolute atomic E-state index is 0.148. The zero-order valence-corrected chi connectivity index (χ0v) is 13.9. The number of rotatable bonds is 4. The molecule has 1 amide bonds. The van der Waals surface area contributed by atoms with E-state index in [0.29, 0.717) is 13.2 Å². The number of H-pyrrole nitrogens is 1. The molecule has 2 aromatic heterocycles. The molecule has 2 aliphatic rings. The first-order valence-electron chi connectivity index (χ1n) is 8.47. The molecule has 1 N–H and O–H groups in total. The highest BCUT2D eigenvalue weighted by atomic mass is 16.5. The monoisotopic (exact) mass is 326 g/mol. The number of hydrogen-bond acceptors (Lipinski definition) is 4. The summed E-state index contributed by atoms with van der Waals surface area (Å²) in [7, 11) is 1.68. The summed E-state index contributed by atoms with van der Waals surface area (Å²) in [6, 6.07) is 3.79. The van der Waals surface area contributed by atoms with Crippen molar-refractivity contribution in [2.24, 2.45) is 5.41 Å². The molecule has 2 aromatic rings. The van der Waals surface area contributed by atoms with E-state index >= 15 is 0 Å². The zero-order valence-electron chi connectivity index (χ0n) is 13.9. The summed E-state index contributed by atoms with van der Waals surface area (Å²) in [5.41, 5.74) is 2.77. The molecule has 0 spiro atoms. The second-order valence-electron chi connectivity index (χ2n) is 6.76. The highest BCUT2D eigenvalue weighted by Crippen LogP contribution is 2.45. The number of ether oxygens (including phenoxy) is 1. The molecule has 1 unspecified atom stereocenters. The first kappa shape index (κ1) is 15.3. The fraction of sp³-hybridized carbons (Fsp3) is 0.500. The van der Waals surface area contributed by atoms with Gasteiger partial charge in [-0.15, -0.1) is 0 Å². The number of aromatic nitrogens is 3. The van der Waals surface area contributed by atoms with Gasteiger partial charge >= 0.3 is 0 Å². The molecule has 0 saturated heterocycles. The van der Waals surface area contributed by atoms with Crippen LogP contribution >= 0.6 is 0 Å². The van der Waals surface area contributed by atoms with Gasteiger partial charge in [-0.3, -0.25) is 9.78 Å². The number of carbonyl (C=O) groups excluding carboxylic acids is 1. The number of nitrogens with zero attached hydrogens (tertiary/aromatic N) is 3. The second-order valence-corrected chi connectivity index (χ2v) is 6.76. The molecule has 0 bridgehead atoms. The van der Waals surface area contributed by atoms with Gasteiger partial charge in [0.15, 0.2) is 0 Å². The van der Waals surface area contributed by atoms with Crippen LogP contribution in [-0.4, -0.2) is 46.0 Å². The molecule has 0 aromatic carbocycles. The molecule has 24 heavy (non-hydrogen) atoms. The molecule has 1 aliphatic carbocycles. The largest absolute Gasteiger partial charge is 0.384 e. The summed E-state index contributed by atoms with van der Waals surface area (Å²) in [5.74, 6) is 0.200. The highest BCUT2D eigenvalue weighted by molar-refractivity contribution is 5.85. The Kier molecular flexibility index (Phi) is 3.84. The van der Waals surface area contributed by atoms with E-state index in [1.807, 2.05) is 17.0 Å². The van der Waals surface area contributed by atoms with E-state index in [1.54, 1.807) is 25.8 Å². The zero-order chi connectivity index (χ0) is 16.6. The van der Waals surface area contributed by atoms with Crippen molar-refractivity contribution in [2.75, 3.05) is 20.3 Å². The van der Waals surface area contributed by atoms with Gasteiger partial charge < -0.3 is 14.6 Å². The summed E-state index contributed by atoms with van der Waals surface area (Å²) in [4.78, 5) is 27.2. The Bertz CT molecular complexity index is 724. The molecule has 1 atom stereocenters. The number of hydrogen-bond donors (Lipinski definition) is 1. The average Bonchev–Trinajstić information content (AvgIpc) is 3.06. The molecular weight excluding hydrogens is 304 g/mol. The van der Waals surface area contributed by atoms with Crippen LogP contribution in [-0.2, 0) is 16.0 Å². The van der Waals surface area contributed by atoms with Gasteiger partial charge in [0.1, 0.15) is 6.04 Å². The SMILES string of the molecule is COCC1(C(=O)N2CCc3[nH]cnc3C2c2ccncc2)CCC1. The van der Waals surface area contributed by atoms with Crippen molar-refractivity contribution in [3.63, 3.8) is 0 Å². The van der Waals surface area contributed by atoms with Crippen molar-refractivity contribution < 1.29 is 9.53 Å². The van der Waals surface area contributed by atoms with Crippen LogP contribution in [0.3, 0.4) is 0 Å². The van der Waals surface area contributed by atoms with E-state index in [-0.39, 0.29) is 17.4 Å². The predicted octanol–water partition coefficient (Wildman–Crippen LogP) is 2.10. The number of fused-ring (bicyclic) bond motifs is 1. The van der Waals surface area contributed by atoms with Crippen LogP contribution in [0.2, 0.25) is 0 Å². The standard InChI is InChI=1S/C18H22N4O2/c1-24-11-18(6-2-7-18)17(23)22-10-5-14-15(21-12-20-14)16(22)13-3-8-19-9-4-13/h3-4,8-9,12,16H,2,5-7,10-11H2,1H3,(H,20,21). The van der Waals surface area contributed by atoms with Crippen LogP contribution in [0.1, 0.15) is 42.3 Å². The Morgan fingerprint density at radius 2 is 2.21 bits per heavy atom. The van der Waals surface area contributed by atoms with Crippen LogP contribution in [0.4, 0.5) is 0 Å². The number of pyridine rings is 1. The molecule has 6 nitrogen and oxygen atoms in total. The van der Waals surface area contributed by atoms with Crippen molar-refractivity contribution in [1.29, 1.82) is 0 Å². The van der Waals surface area contributed by atoms with Crippen LogP contribution < -0.4 is 0 Å². The number of imidazole rings is 1. The molecule has 4 rings (SSSR count). The fourth-order valence-electron chi connectivity index (χ4n) is 3.98. The van der Waals surface area contributed by atoms with Gasteiger partial charge in [0, 0.05) is 38.2 Å². The second kappa shape index (κ2) is 6.02. The van der Waals surface area contributed by atoms with Crippen molar-refractivity contribution >= 4 is 5.91 Å². The van der Waals surface area contributed by atoms with E-state index in [0.717, 1.165) is 42.6 Å². The maximum absolute atomic E-state index is 13.4. The molecule has 1 fully saturated rings. The van der Waals surface area contributed by atoms with Crippen LogP contribution in [0, 0.1) is 5.41 Å². The molecule has 0 radical (unpaired) electrons. The number of aromatic amines is 1. The normalized spacial score (nSPS) is 21.9. The first-order valence-corrected chi connectivity index (χ1v) is 8.47. The van der Waals surface area contributed by atoms with Crippen molar-refractivity contribution in [3.8, 4) is 0 Å². The van der Waals surface area contributed by atoms with E-state index in [4.69, 9.17) is 4.74 Å². The van der Waals surface area contributed by atoms with Gasteiger partial charge in [0.25, 0.3) is 0 Å². The Labute approximate surface area is 141 Å². The van der Waals surface area contributed by atoms with E-state index in [1.165, 1.54) is 0 Å². The molecular formula is C18H22N4O2. The molecule has 1 saturated carbocycles. The van der Waals surface area contributed by atoms with Gasteiger partial charge in [-0.05, 0) is 30.5 Å². The number of methoxy groups -OCH3 is 1. The van der Waals surface area contributed by atoms with Gasteiger partial charge in [0.2, 0.25) is 5.91 Å². The molecule has 126 valence electrons. The highest BCUT2D eigenvalue weighted by Gasteiger charge is 2.49. The molecule has 1 aliphatic heterocycles. The molecule has 6 heteroatoms. The maximum atomic E-state index is 13.4. The Balaban J connectivity index is 1.73. The lowest BCUT2D eigenvalue weighted by Gasteiger charge is -2.46. The van der Waals surface area contributed by atoms with Crippen LogP contribution in [0.25, 0.3) is 0 Å². The topological polar surface area (TPSA) is 71.1 Å². The van der Waals surface area contributed by atoms with Gasteiger partial charge in [-0.1, -0.05) is 6.42 Å². The summed E-state index contributed by atoms with van der Waals surface area (Å²) in [6.45, 7) is 1.20. The van der Waals surface area contributed by atoms with Crippen molar-refractivity contribution in [1.82, 2.24) is 19.9 Å². The lowest BCUT2D eigenvalue weighted by molar-refractivity contribution is -0.154. The third-order valence-electron chi connectivity index (χ3n) is 5.39. The smallest absolute Gasteiger partial charge is 0.231 e. The Morgan fingerprint density at radius 1 is 1.42 bits per heavy atom. The van der Waals surface area contributed by atoms with E-state index in [2.05, 4.69) is 15.0 Å². The predicted molar refractivity (Wildman–Crippen MR) is 88.2 cm³/mol. The Hall–Kier alpha value is -2.21. The van der Waals surface area contributed by atoms with Crippen LogP contribution in [0.15, 0.2) is 30.9 Å². The van der Waals surface area contributed by atoms with Gasteiger partial charge in [0.05, 0.1) is 24.0 Å². The van der Waals surface area contributed by atoms with Gasteiger partial charge in [-0.2, -0.15) is 0 Å². The van der Waals surface area contributed by atoms with Crippen molar-refractivity contribution in [3.05, 3.63) is 47.8 Å². The lowest BCUT2D eigenvalue weighted by atomic mass is 9.68. The van der Waals surface area contributed by atoms with Crippen molar-refractivity contribution in [2.45, 2.75) is 31.7 Å². The third kappa shape index (κ3) is 2.33. The minimum atomic E-state index is -0.353. The third-order valence-corrected chi connectivity index (χ3v) is 5.39. The van der Waals surface area contributed by atoms with Gasteiger partial charge in [-0.25, -0.2) is 4.98 Å². The maximum Gasteiger partial charge on any atom is 0.231 e. The number of nitrogens with one attached hydrogen (secondary N) is 1. The Morgan fingerprint density at radius 3 is 2.88 bits per heavy atom. The first-order chi connectivity index (χ1) is 11.7. The number of amides is 1. The average molecular weight is 326 g/mol. The van der Waals surface area contributed by atoms with E-state index < -0.39 is 0 Å². The quantitative estimate of drug-likeness (QED) is 0.934. The molecule has 3 heterocycles. The number of carbonyl (C=O) groups is 1. The summed E-state index contributed by atoms with van der Waals surface area (Å²) in [5, 5.41) is 0. The van der Waals surface area contributed by atoms with E-state index in [9.17, 15) is 4.79 Å². The summed E-state index contributed by atoms with van der Waals surface area (Å²) >= 11 is 0.